The van der Waals surface area contributed by atoms with Crippen molar-refractivity contribution in [1.29, 1.82) is 0 Å². The first-order valence-corrected chi connectivity index (χ1v) is 8.10. The van der Waals surface area contributed by atoms with Crippen LogP contribution in [0.1, 0.15) is 19.8 Å². The highest BCUT2D eigenvalue weighted by molar-refractivity contribution is 5.94. The molecule has 2 aromatic rings. The van der Waals surface area contributed by atoms with Gasteiger partial charge in [-0.1, -0.05) is 0 Å². The number of hydrogen-bond acceptors (Lipinski definition) is 3. The van der Waals surface area contributed by atoms with Gasteiger partial charge in [0.2, 0.25) is 0 Å². The second-order valence-electron chi connectivity index (χ2n) is 5.85. The molecule has 6 heteroatoms. The molecule has 0 saturated carbocycles. The van der Waals surface area contributed by atoms with Crippen LogP contribution in [0.4, 0.5) is 10.1 Å². The average molecular weight is 332 g/mol. The highest BCUT2D eigenvalue weighted by Crippen LogP contribution is 2.20. The molecule has 1 aliphatic rings. The summed E-state index contributed by atoms with van der Waals surface area (Å²) in [7, 11) is 0. The number of anilines is 1. The lowest BCUT2D eigenvalue weighted by atomic mass is 10.2. The second-order valence-corrected chi connectivity index (χ2v) is 5.85. The average Bonchev–Trinajstić information content (AvgIpc) is 3.28. The normalized spacial score (nSPS) is 18.5. The number of nitrogens with zero attached hydrogens (tertiary/aromatic N) is 1. The summed E-state index contributed by atoms with van der Waals surface area (Å²) in [5, 5.41) is 2.59. The van der Waals surface area contributed by atoms with Gasteiger partial charge in [0.05, 0.1) is 18.4 Å². The molecule has 0 spiro atoms. The molecule has 1 fully saturated rings. The fourth-order valence-corrected chi connectivity index (χ4v) is 2.61. The van der Waals surface area contributed by atoms with Crippen LogP contribution in [0.25, 0.3) is 5.69 Å². The lowest BCUT2D eigenvalue weighted by molar-refractivity contribution is -0.128. The van der Waals surface area contributed by atoms with Gasteiger partial charge in [-0.2, -0.15) is 0 Å². The van der Waals surface area contributed by atoms with Crippen molar-refractivity contribution in [3.05, 3.63) is 48.5 Å². The molecule has 0 aliphatic carbocycles. The van der Waals surface area contributed by atoms with Gasteiger partial charge in [0, 0.05) is 24.7 Å². The molecule has 2 heterocycles. The number of aromatic nitrogens is 1. The van der Waals surface area contributed by atoms with Crippen molar-refractivity contribution in [2.45, 2.75) is 32.0 Å². The third-order valence-electron chi connectivity index (χ3n) is 4.04. The van der Waals surface area contributed by atoms with Gasteiger partial charge in [0.1, 0.15) is 11.9 Å². The number of rotatable bonds is 6. The van der Waals surface area contributed by atoms with Gasteiger partial charge in [-0.15, -0.1) is 0 Å². The summed E-state index contributed by atoms with van der Waals surface area (Å²) in [6.45, 7) is 2.77. The summed E-state index contributed by atoms with van der Waals surface area (Å²) < 4.78 is 26.8. The van der Waals surface area contributed by atoms with E-state index in [-0.39, 0.29) is 17.7 Å². The Bertz CT molecular complexity index is 682. The Labute approximate surface area is 140 Å². The third-order valence-corrected chi connectivity index (χ3v) is 4.04. The maximum atomic E-state index is 14.0. The first kappa shape index (κ1) is 16.7. The lowest BCUT2D eigenvalue weighted by Gasteiger charge is -2.17. The van der Waals surface area contributed by atoms with Crippen molar-refractivity contribution in [3.8, 4) is 5.69 Å². The van der Waals surface area contributed by atoms with Crippen molar-refractivity contribution < 1.29 is 18.7 Å². The molecule has 1 amide bonds. The summed E-state index contributed by atoms with van der Waals surface area (Å²) in [6, 6.07) is 8.34. The molecule has 1 N–H and O–H groups in total. The third kappa shape index (κ3) is 4.01. The van der Waals surface area contributed by atoms with Crippen LogP contribution in [0.5, 0.6) is 0 Å². The van der Waals surface area contributed by atoms with Crippen LogP contribution < -0.4 is 5.32 Å². The van der Waals surface area contributed by atoms with E-state index in [9.17, 15) is 9.18 Å². The molecule has 1 aliphatic heterocycles. The molecule has 1 aromatic carbocycles. The number of amides is 1. The van der Waals surface area contributed by atoms with Crippen LogP contribution in [0.15, 0.2) is 42.7 Å². The molecule has 1 saturated heterocycles. The first-order chi connectivity index (χ1) is 11.6. The smallest absolute Gasteiger partial charge is 0.253 e. The van der Waals surface area contributed by atoms with Crippen LogP contribution in [0.3, 0.4) is 0 Å². The van der Waals surface area contributed by atoms with E-state index in [0.717, 1.165) is 25.1 Å². The van der Waals surface area contributed by atoms with E-state index in [4.69, 9.17) is 9.47 Å². The molecular formula is C18H21FN2O3. The Morgan fingerprint density at radius 3 is 2.96 bits per heavy atom. The van der Waals surface area contributed by atoms with Gasteiger partial charge in [0.25, 0.3) is 5.91 Å². The minimum absolute atomic E-state index is 0.0501. The van der Waals surface area contributed by atoms with Gasteiger partial charge in [0.15, 0.2) is 0 Å². The molecule has 0 radical (unpaired) electrons. The minimum Gasteiger partial charge on any atom is -0.376 e. The van der Waals surface area contributed by atoms with E-state index in [1.807, 2.05) is 29.1 Å². The summed E-state index contributed by atoms with van der Waals surface area (Å²) in [5.74, 6) is -0.859. The van der Waals surface area contributed by atoms with E-state index in [1.165, 1.54) is 6.07 Å². The van der Waals surface area contributed by atoms with Crippen molar-refractivity contribution in [3.63, 3.8) is 0 Å². The molecule has 128 valence electrons. The first-order valence-electron chi connectivity index (χ1n) is 8.10. The summed E-state index contributed by atoms with van der Waals surface area (Å²) in [4.78, 5) is 12.2. The zero-order valence-electron chi connectivity index (χ0n) is 13.6. The van der Waals surface area contributed by atoms with E-state index in [1.54, 1.807) is 19.1 Å². The monoisotopic (exact) mass is 332 g/mol. The van der Waals surface area contributed by atoms with Crippen LogP contribution in [-0.4, -0.2) is 35.9 Å². The van der Waals surface area contributed by atoms with Gasteiger partial charge in [-0.3, -0.25) is 4.79 Å². The standard InChI is InChI=1S/C18H21FN2O3/c1-13(24-12-15-5-4-10-23-15)18(22)20-17-11-14(6-7-16(17)19)21-8-2-3-9-21/h2-3,6-9,11,13,15H,4-5,10,12H2,1H3,(H,20,22)/t13-,15+/m1/s1. The van der Waals surface area contributed by atoms with E-state index < -0.39 is 11.9 Å². The number of nitrogens with one attached hydrogen (secondary N) is 1. The number of halogens is 1. The molecule has 5 nitrogen and oxygen atoms in total. The van der Waals surface area contributed by atoms with E-state index in [0.29, 0.717) is 6.61 Å². The van der Waals surface area contributed by atoms with Crippen molar-refractivity contribution >= 4 is 11.6 Å². The minimum atomic E-state index is -0.677. The quantitative estimate of drug-likeness (QED) is 0.884. The molecule has 3 rings (SSSR count). The maximum Gasteiger partial charge on any atom is 0.253 e. The van der Waals surface area contributed by atoms with Crippen molar-refractivity contribution in [1.82, 2.24) is 4.57 Å². The van der Waals surface area contributed by atoms with Crippen LogP contribution in [0, 0.1) is 5.82 Å². The summed E-state index contributed by atoms with van der Waals surface area (Å²) in [5.41, 5.74) is 0.906. The van der Waals surface area contributed by atoms with Gasteiger partial charge < -0.3 is 19.4 Å². The van der Waals surface area contributed by atoms with E-state index in [2.05, 4.69) is 5.32 Å². The Morgan fingerprint density at radius 2 is 2.25 bits per heavy atom. The van der Waals surface area contributed by atoms with Gasteiger partial charge in [-0.05, 0) is 50.1 Å². The van der Waals surface area contributed by atoms with E-state index >= 15 is 0 Å². The Morgan fingerprint density at radius 1 is 1.46 bits per heavy atom. The van der Waals surface area contributed by atoms with Crippen molar-refractivity contribution in [2.24, 2.45) is 0 Å². The Kier molecular flexibility index (Phi) is 5.27. The Balaban J connectivity index is 1.61. The molecule has 2 atom stereocenters. The fraction of sp³-hybridized carbons (Fsp3) is 0.389. The molecule has 1 aromatic heterocycles. The molecule has 24 heavy (non-hydrogen) atoms. The van der Waals surface area contributed by atoms with Crippen LogP contribution in [-0.2, 0) is 14.3 Å². The predicted molar refractivity (Wildman–Crippen MR) is 88.7 cm³/mol. The summed E-state index contributed by atoms with van der Waals surface area (Å²) in [6.07, 6.45) is 5.05. The number of hydrogen-bond donors (Lipinski definition) is 1. The largest absolute Gasteiger partial charge is 0.376 e. The molecular weight excluding hydrogens is 311 g/mol. The highest BCUT2D eigenvalue weighted by Gasteiger charge is 2.20. The zero-order valence-corrected chi connectivity index (χ0v) is 13.6. The Hall–Kier alpha value is -2.18. The SMILES string of the molecule is C[C@@H](OC[C@@H]1CCCO1)C(=O)Nc1cc(-n2cccc2)ccc1F. The van der Waals surface area contributed by atoms with Crippen LogP contribution >= 0.6 is 0 Å². The molecule has 0 bridgehead atoms. The highest BCUT2D eigenvalue weighted by atomic mass is 19.1. The van der Waals surface area contributed by atoms with Crippen LogP contribution in [0.2, 0.25) is 0 Å². The van der Waals surface area contributed by atoms with Gasteiger partial charge >= 0.3 is 0 Å². The number of benzene rings is 1. The number of carbonyl (C=O) groups excluding carboxylic acids is 1. The topological polar surface area (TPSA) is 52.5 Å². The second kappa shape index (κ2) is 7.59. The fourth-order valence-electron chi connectivity index (χ4n) is 2.61. The lowest BCUT2D eigenvalue weighted by Crippen LogP contribution is -2.30. The summed E-state index contributed by atoms with van der Waals surface area (Å²) >= 11 is 0. The number of carbonyl (C=O) groups is 1. The zero-order chi connectivity index (χ0) is 16.9. The van der Waals surface area contributed by atoms with Gasteiger partial charge in [-0.25, -0.2) is 4.39 Å². The molecule has 0 unspecified atom stereocenters. The predicted octanol–water partition coefficient (Wildman–Crippen LogP) is 3.14. The maximum absolute atomic E-state index is 14.0. The number of ether oxygens (including phenoxy) is 2. The van der Waals surface area contributed by atoms with Crippen molar-refractivity contribution in [2.75, 3.05) is 18.5 Å².